The maximum absolute atomic E-state index is 11.6. The number of hydrogen-bond donors (Lipinski definition) is 3. The predicted octanol–water partition coefficient (Wildman–Crippen LogP) is -0.950. The molecular weight excluding hydrogens is 232 g/mol. The zero-order valence-corrected chi connectivity index (χ0v) is 11.2. The zero-order chi connectivity index (χ0) is 13.5. The number of rotatable bonds is 5. The van der Waals surface area contributed by atoms with Crippen LogP contribution in [0.3, 0.4) is 0 Å². The molecule has 1 heterocycles. The van der Waals surface area contributed by atoms with Gasteiger partial charge < -0.3 is 16.4 Å². The van der Waals surface area contributed by atoms with Gasteiger partial charge in [-0.05, 0) is 19.3 Å². The summed E-state index contributed by atoms with van der Waals surface area (Å²) >= 11 is 0. The second kappa shape index (κ2) is 7.33. The Balaban J connectivity index is 2.27. The Hall–Kier alpha value is -1.14. The van der Waals surface area contributed by atoms with Crippen LogP contribution in [0.1, 0.15) is 26.2 Å². The molecule has 0 aromatic rings. The Bertz CT molecular complexity index is 288. The van der Waals surface area contributed by atoms with Crippen LogP contribution in [0.2, 0.25) is 0 Å². The third kappa shape index (κ3) is 4.62. The van der Waals surface area contributed by atoms with Gasteiger partial charge in [-0.3, -0.25) is 14.5 Å². The molecule has 1 aliphatic rings. The SMILES string of the molecule is CC[C@H](N)C(=O)NC1CCN(CC(=O)NC)CC1. The molecule has 0 aromatic heterocycles. The van der Waals surface area contributed by atoms with Crippen LogP contribution in [-0.2, 0) is 9.59 Å². The van der Waals surface area contributed by atoms with Gasteiger partial charge in [0.1, 0.15) is 0 Å². The molecule has 0 aromatic carbocycles. The molecule has 1 aliphatic heterocycles. The van der Waals surface area contributed by atoms with E-state index >= 15 is 0 Å². The molecule has 0 spiro atoms. The predicted molar refractivity (Wildman–Crippen MR) is 69.9 cm³/mol. The molecule has 0 bridgehead atoms. The Morgan fingerprint density at radius 2 is 2.00 bits per heavy atom. The fraction of sp³-hybridized carbons (Fsp3) is 0.833. The van der Waals surface area contributed by atoms with E-state index < -0.39 is 6.04 Å². The van der Waals surface area contributed by atoms with E-state index in [4.69, 9.17) is 5.73 Å². The lowest BCUT2D eigenvalue weighted by Crippen LogP contribution is -2.50. The number of likely N-dealkylation sites (N-methyl/N-ethyl adjacent to an activating group) is 1. The summed E-state index contributed by atoms with van der Waals surface area (Å²) in [5.74, 6) is -0.0345. The largest absolute Gasteiger partial charge is 0.358 e. The van der Waals surface area contributed by atoms with Gasteiger partial charge in [0.05, 0.1) is 12.6 Å². The van der Waals surface area contributed by atoms with Crippen LogP contribution in [0.4, 0.5) is 0 Å². The summed E-state index contributed by atoms with van der Waals surface area (Å²) < 4.78 is 0. The van der Waals surface area contributed by atoms with Gasteiger partial charge >= 0.3 is 0 Å². The van der Waals surface area contributed by atoms with Gasteiger partial charge in [-0.1, -0.05) is 6.92 Å². The number of piperidine rings is 1. The van der Waals surface area contributed by atoms with Crippen molar-refractivity contribution in [3.05, 3.63) is 0 Å². The Morgan fingerprint density at radius 3 is 2.50 bits per heavy atom. The van der Waals surface area contributed by atoms with Crippen LogP contribution >= 0.6 is 0 Å². The Kier molecular flexibility index (Phi) is 6.07. The first-order valence-electron chi connectivity index (χ1n) is 6.55. The van der Waals surface area contributed by atoms with Gasteiger partial charge in [0.15, 0.2) is 0 Å². The van der Waals surface area contributed by atoms with Crippen molar-refractivity contribution in [2.24, 2.45) is 5.73 Å². The summed E-state index contributed by atoms with van der Waals surface area (Å²) in [6, 6.07) is -0.218. The standard InChI is InChI=1S/C12H24N4O2/c1-3-10(13)12(18)15-9-4-6-16(7-5-9)8-11(17)14-2/h9-10H,3-8,13H2,1-2H3,(H,14,17)(H,15,18)/t10-/m0/s1. The topological polar surface area (TPSA) is 87.5 Å². The van der Waals surface area contributed by atoms with Crippen molar-refractivity contribution in [3.8, 4) is 0 Å². The van der Waals surface area contributed by atoms with Gasteiger partial charge in [0.2, 0.25) is 11.8 Å². The first-order valence-corrected chi connectivity index (χ1v) is 6.55. The minimum Gasteiger partial charge on any atom is -0.358 e. The lowest BCUT2D eigenvalue weighted by atomic mass is 10.0. The summed E-state index contributed by atoms with van der Waals surface area (Å²) in [4.78, 5) is 25.0. The maximum Gasteiger partial charge on any atom is 0.237 e. The highest BCUT2D eigenvalue weighted by molar-refractivity contribution is 5.81. The minimum absolute atomic E-state index is 0.0329. The van der Waals surface area contributed by atoms with Crippen LogP contribution in [0.15, 0.2) is 0 Å². The minimum atomic E-state index is -0.408. The molecule has 0 unspecified atom stereocenters. The summed E-state index contributed by atoms with van der Waals surface area (Å²) in [6.45, 7) is 4.00. The van der Waals surface area contributed by atoms with Gasteiger partial charge in [0, 0.05) is 26.2 Å². The van der Waals surface area contributed by atoms with Crippen molar-refractivity contribution < 1.29 is 9.59 Å². The van der Waals surface area contributed by atoms with Gasteiger partial charge in [-0.25, -0.2) is 0 Å². The van der Waals surface area contributed by atoms with Crippen molar-refractivity contribution >= 4 is 11.8 Å². The monoisotopic (exact) mass is 256 g/mol. The number of nitrogens with zero attached hydrogens (tertiary/aromatic N) is 1. The molecule has 0 aliphatic carbocycles. The number of carbonyl (C=O) groups excluding carboxylic acids is 2. The summed E-state index contributed by atoms with van der Waals surface area (Å²) in [7, 11) is 1.64. The molecule has 1 rings (SSSR count). The van der Waals surface area contributed by atoms with Crippen LogP contribution in [0, 0.1) is 0 Å². The van der Waals surface area contributed by atoms with E-state index in [1.807, 2.05) is 6.92 Å². The van der Waals surface area contributed by atoms with Crippen molar-refractivity contribution in [2.45, 2.75) is 38.3 Å². The van der Waals surface area contributed by atoms with Gasteiger partial charge in [-0.15, -0.1) is 0 Å². The fourth-order valence-electron chi connectivity index (χ4n) is 2.01. The second-order valence-electron chi connectivity index (χ2n) is 4.75. The van der Waals surface area contributed by atoms with E-state index in [1.165, 1.54) is 0 Å². The first kappa shape index (κ1) is 14.9. The van der Waals surface area contributed by atoms with Crippen molar-refractivity contribution in [2.75, 3.05) is 26.7 Å². The molecule has 104 valence electrons. The first-order chi connectivity index (χ1) is 8.56. The number of likely N-dealkylation sites (tertiary alicyclic amines) is 1. The number of nitrogens with one attached hydrogen (secondary N) is 2. The van der Waals surface area contributed by atoms with E-state index in [-0.39, 0.29) is 17.9 Å². The van der Waals surface area contributed by atoms with Crippen LogP contribution in [-0.4, -0.2) is 55.5 Å². The van der Waals surface area contributed by atoms with E-state index in [2.05, 4.69) is 15.5 Å². The van der Waals surface area contributed by atoms with Crippen LogP contribution in [0.5, 0.6) is 0 Å². The van der Waals surface area contributed by atoms with Crippen molar-refractivity contribution in [1.29, 1.82) is 0 Å². The lowest BCUT2D eigenvalue weighted by molar-refractivity contribution is -0.124. The highest BCUT2D eigenvalue weighted by atomic mass is 16.2. The Morgan fingerprint density at radius 1 is 1.39 bits per heavy atom. The molecule has 0 saturated carbocycles. The van der Waals surface area contributed by atoms with Crippen molar-refractivity contribution in [1.82, 2.24) is 15.5 Å². The molecule has 6 nitrogen and oxygen atoms in total. The normalized spacial score (nSPS) is 19.3. The second-order valence-corrected chi connectivity index (χ2v) is 4.75. The number of amides is 2. The smallest absolute Gasteiger partial charge is 0.237 e. The van der Waals surface area contributed by atoms with E-state index in [9.17, 15) is 9.59 Å². The quantitative estimate of drug-likeness (QED) is 0.592. The number of nitrogens with two attached hydrogens (primary N) is 1. The highest BCUT2D eigenvalue weighted by Gasteiger charge is 2.23. The number of hydrogen-bond acceptors (Lipinski definition) is 4. The fourth-order valence-corrected chi connectivity index (χ4v) is 2.01. The lowest BCUT2D eigenvalue weighted by Gasteiger charge is -2.32. The molecular formula is C12H24N4O2. The summed E-state index contributed by atoms with van der Waals surface area (Å²) in [5.41, 5.74) is 5.67. The molecule has 1 saturated heterocycles. The molecule has 1 atom stereocenters. The molecule has 6 heteroatoms. The maximum atomic E-state index is 11.6. The average Bonchev–Trinajstić information content (AvgIpc) is 2.39. The number of carbonyl (C=O) groups is 2. The highest BCUT2D eigenvalue weighted by Crippen LogP contribution is 2.10. The van der Waals surface area contributed by atoms with Crippen molar-refractivity contribution in [3.63, 3.8) is 0 Å². The summed E-state index contributed by atoms with van der Waals surface area (Å²) in [5, 5.41) is 5.58. The molecule has 0 radical (unpaired) electrons. The Labute approximate surface area is 108 Å². The van der Waals surface area contributed by atoms with Gasteiger partial charge in [0.25, 0.3) is 0 Å². The average molecular weight is 256 g/mol. The molecule has 1 fully saturated rings. The van der Waals surface area contributed by atoms with Gasteiger partial charge in [-0.2, -0.15) is 0 Å². The third-order valence-corrected chi connectivity index (χ3v) is 3.36. The molecule has 4 N–H and O–H groups in total. The molecule has 18 heavy (non-hydrogen) atoms. The van der Waals surface area contributed by atoms with Crippen LogP contribution in [0.25, 0.3) is 0 Å². The van der Waals surface area contributed by atoms with Crippen LogP contribution < -0.4 is 16.4 Å². The molecule has 2 amide bonds. The summed E-state index contributed by atoms with van der Waals surface area (Å²) in [6.07, 6.45) is 2.40. The van der Waals surface area contributed by atoms with E-state index in [0.29, 0.717) is 13.0 Å². The zero-order valence-electron chi connectivity index (χ0n) is 11.2. The van der Waals surface area contributed by atoms with E-state index in [0.717, 1.165) is 25.9 Å². The third-order valence-electron chi connectivity index (χ3n) is 3.36. The van der Waals surface area contributed by atoms with E-state index in [1.54, 1.807) is 7.05 Å².